The number of hydrogen-bond donors (Lipinski definition) is 0. The van der Waals surface area contributed by atoms with Gasteiger partial charge >= 0.3 is 0 Å². The number of nitrogens with zero attached hydrogens (tertiary/aromatic N) is 2. The molecular weight excluding hydrogens is 300 g/mol. The SMILES string of the molecule is COc1ccc(CN2CCN([C@H]3C[C@@H]4CC[C@@H]3C4)CC2)c(OC)c1. The minimum absolute atomic E-state index is 0.858. The Morgan fingerprint density at radius 2 is 1.83 bits per heavy atom. The van der Waals surface area contributed by atoms with Crippen molar-refractivity contribution in [2.24, 2.45) is 11.8 Å². The molecule has 0 unspecified atom stereocenters. The molecule has 4 rings (SSSR count). The molecule has 0 amide bonds. The Morgan fingerprint density at radius 1 is 1.00 bits per heavy atom. The van der Waals surface area contributed by atoms with Crippen molar-refractivity contribution < 1.29 is 9.47 Å². The van der Waals surface area contributed by atoms with Crippen molar-refractivity contribution in [2.45, 2.75) is 38.3 Å². The van der Waals surface area contributed by atoms with Gasteiger partial charge in [0.25, 0.3) is 0 Å². The molecule has 3 aliphatic rings. The first-order valence-corrected chi connectivity index (χ1v) is 9.44. The van der Waals surface area contributed by atoms with Gasteiger partial charge in [-0.1, -0.05) is 12.5 Å². The van der Waals surface area contributed by atoms with Gasteiger partial charge in [-0.15, -0.1) is 0 Å². The number of hydrogen-bond acceptors (Lipinski definition) is 4. The molecular formula is C20H30N2O2. The van der Waals surface area contributed by atoms with E-state index in [1.807, 2.05) is 12.1 Å². The first-order valence-electron chi connectivity index (χ1n) is 9.44. The molecule has 4 nitrogen and oxygen atoms in total. The van der Waals surface area contributed by atoms with Crippen LogP contribution < -0.4 is 9.47 Å². The Bertz CT molecular complexity index is 569. The largest absolute Gasteiger partial charge is 0.497 e. The van der Waals surface area contributed by atoms with E-state index in [9.17, 15) is 0 Å². The highest BCUT2D eigenvalue weighted by Crippen LogP contribution is 2.46. The van der Waals surface area contributed by atoms with Crippen LogP contribution in [0.1, 0.15) is 31.2 Å². The van der Waals surface area contributed by atoms with Gasteiger partial charge in [0.15, 0.2) is 0 Å². The second kappa shape index (κ2) is 6.93. The third kappa shape index (κ3) is 3.14. The summed E-state index contributed by atoms with van der Waals surface area (Å²) in [5.74, 6) is 3.84. The van der Waals surface area contributed by atoms with Gasteiger partial charge in [-0.2, -0.15) is 0 Å². The van der Waals surface area contributed by atoms with E-state index < -0.39 is 0 Å². The van der Waals surface area contributed by atoms with Crippen LogP contribution in [0, 0.1) is 11.8 Å². The van der Waals surface area contributed by atoms with Crippen molar-refractivity contribution in [1.82, 2.24) is 9.80 Å². The number of rotatable bonds is 5. The molecule has 24 heavy (non-hydrogen) atoms. The third-order valence-corrected chi connectivity index (χ3v) is 6.46. The zero-order valence-corrected chi connectivity index (χ0v) is 15.0. The summed E-state index contributed by atoms with van der Waals surface area (Å²) in [6.07, 6.45) is 5.96. The van der Waals surface area contributed by atoms with Gasteiger partial charge in [0, 0.05) is 50.4 Å². The molecule has 3 fully saturated rings. The molecule has 0 N–H and O–H groups in total. The van der Waals surface area contributed by atoms with E-state index in [1.54, 1.807) is 14.2 Å². The average molecular weight is 330 g/mol. The van der Waals surface area contributed by atoms with Crippen molar-refractivity contribution >= 4 is 0 Å². The van der Waals surface area contributed by atoms with Gasteiger partial charge in [0.1, 0.15) is 11.5 Å². The fourth-order valence-corrected chi connectivity index (χ4v) is 5.13. The highest BCUT2D eigenvalue weighted by molar-refractivity contribution is 5.40. The second-order valence-corrected chi connectivity index (χ2v) is 7.73. The van der Waals surface area contributed by atoms with E-state index in [4.69, 9.17) is 9.47 Å². The standard InChI is InChI=1S/C20H30N2O2/c1-23-18-6-5-17(20(13-18)24-2)14-21-7-9-22(10-8-21)19-12-15-3-4-16(19)11-15/h5-6,13,15-16,19H,3-4,7-12,14H2,1-2H3/t15-,16-,19+/m1/s1. The third-order valence-electron chi connectivity index (χ3n) is 6.46. The van der Waals surface area contributed by atoms with Gasteiger partial charge in [-0.25, -0.2) is 0 Å². The summed E-state index contributed by atoms with van der Waals surface area (Å²) in [5.41, 5.74) is 1.26. The van der Waals surface area contributed by atoms with Crippen molar-refractivity contribution in [3.63, 3.8) is 0 Å². The molecule has 1 aliphatic heterocycles. The van der Waals surface area contributed by atoms with Crippen LogP contribution in [0.4, 0.5) is 0 Å². The molecule has 1 heterocycles. The predicted octanol–water partition coefficient (Wildman–Crippen LogP) is 3.01. The predicted molar refractivity (Wildman–Crippen MR) is 95.6 cm³/mol. The monoisotopic (exact) mass is 330 g/mol. The van der Waals surface area contributed by atoms with Crippen molar-refractivity contribution in [3.05, 3.63) is 23.8 Å². The maximum Gasteiger partial charge on any atom is 0.127 e. The topological polar surface area (TPSA) is 24.9 Å². The highest BCUT2D eigenvalue weighted by Gasteiger charge is 2.42. The molecule has 1 saturated heterocycles. The first kappa shape index (κ1) is 16.2. The fourth-order valence-electron chi connectivity index (χ4n) is 5.13. The van der Waals surface area contributed by atoms with Crippen molar-refractivity contribution in [1.29, 1.82) is 0 Å². The summed E-state index contributed by atoms with van der Waals surface area (Å²) in [4.78, 5) is 5.35. The van der Waals surface area contributed by atoms with E-state index in [-0.39, 0.29) is 0 Å². The van der Waals surface area contributed by atoms with E-state index in [0.29, 0.717) is 0 Å². The summed E-state index contributed by atoms with van der Waals surface area (Å²) in [5, 5.41) is 0. The lowest BCUT2D eigenvalue weighted by atomic mass is 9.93. The number of ether oxygens (including phenoxy) is 2. The lowest BCUT2D eigenvalue weighted by molar-refractivity contribution is 0.0676. The Kier molecular flexibility index (Phi) is 4.68. The van der Waals surface area contributed by atoms with E-state index in [0.717, 1.165) is 35.9 Å². The number of piperazine rings is 1. The minimum Gasteiger partial charge on any atom is -0.497 e. The Hall–Kier alpha value is -1.26. The molecule has 1 aromatic rings. The summed E-state index contributed by atoms with van der Waals surface area (Å²) in [6.45, 7) is 5.77. The summed E-state index contributed by atoms with van der Waals surface area (Å²) < 4.78 is 10.8. The Morgan fingerprint density at radius 3 is 2.46 bits per heavy atom. The Balaban J connectivity index is 1.33. The van der Waals surface area contributed by atoms with Crippen LogP contribution in [0.3, 0.4) is 0 Å². The second-order valence-electron chi connectivity index (χ2n) is 7.73. The van der Waals surface area contributed by atoms with Crippen molar-refractivity contribution in [3.8, 4) is 11.5 Å². The lowest BCUT2D eigenvalue weighted by Gasteiger charge is -2.41. The maximum atomic E-state index is 5.55. The Labute approximate surface area is 145 Å². The molecule has 2 saturated carbocycles. The average Bonchev–Trinajstić information content (AvgIpc) is 3.26. The van der Waals surface area contributed by atoms with Crippen LogP contribution in [0.5, 0.6) is 11.5 Å². The van der Waals surface area contributed by atoms with Crippen LogP contribution in [0.25, 0.3) is 0 Å². The van der Waals surface area contributed by atoms with Crippen LogP contribution in [-0.2, 0) is 6.54 Å². The first-order chi connectivity index (χ1) is 11.8. The number of methoxy groups -OCH3 is 2. The quantitative estimate of drug-likeness (QED) is 0.828. The summed E-state index contributed by atoms with van der Waals surface area (Å²) >= 11 is 0. The van der Waals surface area contributed by atoms with E-state index in [2.05, 4.69) is 15.9 Å². The highest BCUT2D eigenvalue weighted by atomic mass is 16.5. The van der Waals surface area contributed by atoms with Crippen LogP contribution >= 0.6 is 0 Å². The zero-order chi connectivity index (χ0) is 16.5. The number of benzene rings is 1. The molecule has 132 valence electrons. The van der Waals surface area contributed by atoms with Gasteiger partial charge < -0.3 is 9.47 Å². The molecule has 0 spiro atoms. The zero-order valence-electron chi connectivity index (χ0n) is 15.0. The van der Waals surface area contributed by atoms with Crippen LogP contribution in [-0.4, -0.2) is 56.2 Å². The smallest absolute Gasteiger partial charge is 0.127 e. The molecule has 2 aliphatic carbocycles. The molecule has 2 bridgehead atoms. The fraction of sp³-hybridized carbons (Fsp3) is 0.700. The van der Waals surface area contributed by atoms with E-state index in [1.165, 1.54) is 57.4 Å². The summed E-state index contributed by atoms with van der Waals surface area (Å²) in [7, 11) is 3.44. The van der Waals surface area contributed by atoms with Gasteiger partial charge in [-0.05, 0) is 37.2 Å². The van der Waals surface area contributed by atoms with Crippen LogP contribution in [0.2, 0.25) is 0 Å². The van der Waals surface area contributed by atoms with Gasteiger partial charge in [0.2, 0.25) is 0 Å². The maximum absolute atomic E-state index is 5.55. The lowest BCUT2D eigenvalue weighted by Crippen LogP contribution is -2.51. The van der Waals surface area contributed by atoms with Crippen molar-refractivity contribution in [2.75, 3.05) is 40.4 Å². The molecule has 4 heteroatoms. The van der Waals surface area contributed by atoms with Crippen LogP contribution in [0.15, 0.2) is 18.2 Å². The molecule has 1 aromatic carbocycles. The number of fused-ring (bicyclic) bond motifs is 2. The normalized spacial score (nSPS) is 30.7. The van der Waals surface area contributed by atoms with Gasteiger partial charge in [-0.3, -0.25) is 9.80 Å². The van der Waals surface area contributed by atoms with E-state index >= 15 is 0 Å². The summed E-state index contributed by atoms with van der Waals surface area (Å²) in [6, 6.07) is 7.05. The van der Waals surface area contributed by atoms with Gasteiger partial charge in [0.05, 0.1) is 14.2 Å². The minimum atomic E-state index is 0.858. The molecule has 0 radical (unpaired) electrons. The molecule has 0 aromatic heterocycles. The molecule has 3 atom stereocenters.